The number of benzene rings is 1. The first kappa shape index (κ1) is 9.46. The highest BCUT2D eigenvalue weighted by atomic mass is 15.1. The molecule has 2 heterocycles. The number of rotatable bonds is 2. The molecule has 3 nitrogen and oxygen atoms in total. The summed E-state index contributed by atoms with van der Waals surface area (Å²) in [5.41, 5.74) is 3.62. The molecule has 0 spiro atoms. The molecule has 82 valence electrons. The molecule has 3 rings (SSSR count). The lowest BCUT2D eigenvalue weighted by atomic mass is 10.1. The van der Waals surface area contributed by atoms with Gasteiger partial charge in [-0.05, 0) is 25.0 Å². The molecule has 0 aliphatic carbocycles. The second kappa shape index (κ2) is 4.00. The Morgan fingerprint density at radius 1 is 1.19 bits per heavy atom. The maximum absolute atomic E-state index is 4.06. The van der Waals surface area contributed by atoms with Crippen LogP contribution in [0.2, 0.25) is 0 Å². The van der Waals surface area contributed by atoms with Crippen molar-refractivity contribution in [2.24, 2.45) is 0 Å². The van der Waals surface area contributed by atoms with Gasteiger partial charge in [0.2, 0.25) is 0 Å². The van der Waals surface area contributed by atoms with Crippen molar-refractivity contribution in [2.75, 3.05) is 18.0 Å². The topological polar surface area (TPSA) is 31.9 Å². The van der Waals surface area contributed by atoms with Crippen LogP contribution in [0.3, 0.4) is 0 Å². The zero-order valence-electron chi connectivity index (χ0n) is 9.19. The minimum Gasteiger partial charge on any atom is -0.372 e. The summed E-state index contributed by atoms with van der Waals surface area (Å²) >= 11 is 0. The van der Waals surface area contributed by atoms with Gasteiger partial charge in [-0.2, -0.15) is 0 Å². The molecule has 3 heteroatoms. The van der Waals surface area contributed by atoms with Crippen molar-refractivity contribution in [1.82, 2.24) is 9.97 Å². The van der Waals surface area contributed by atoms with Crippen LogP contribution in [0, 0.1) is 0 Å². The number of hydrogen-bond donors (Lipinski definition) is 1. The number of imidazole rings is 1. The number of aromatic nitrogens is 2. The highest BCUT2D eigenvalue weighted by molar-refractivity contribution is 5.65. The van der Waals surface area contributed by atoms with Gasteiger partial charge in [-0.25, -0.2) is 4.98 Å². The largest absolute Gasteiger partial charge is 0.372 e. The molecule has 16 heavy (non-hydrogen) atoms. The third-order valence-corrected chi connectivity index (χ3v) is 3.13. The molecule has 1 N–H and O–H groups in total. The van der Waals surface area contributed by atoms with E-state index in [1.165, 1.54) is 37.2 Å². The van der Waals surface area contributed by atoms with Gasteiger partial charge in [0.1, 0.15) is 0 Å². The maximum atomic E-state index is 4.06. The smallest absolute Gasteiger partial charge is 0.0924 e. The van der Waals surface area contributed by atoms with Gasteiger partial charge in [0.25, 0.3) is 0 Å². The van der Waals surface area contributed by atoms with Gasteiger partial charge in [0.15, 0.2) is 0 Å². The minimum atomic E-state index is 1.08. The Hall–Kier alpha value is -1.77. The van der Waals surface area contributed by atoms with Crippen molar-refractivity contribution < 1.29 is 0 Å². The van der Waals surface area contributed by atoms with Gasteiger partial charge in [0.05, 0.1) is 18.2 Å². The van der Waals surface area contributed by atoms with Crippen LogP contribution in [0.4, 0.5) is 5.69 Å². The van der Waals surface area contributed by atoms with Gasteiger partial charge >= 0.3 is 0 Å². The molecule has 0 unspecified atom stereocenters. The highest BCUT2D eigenvalue weighted by Crippen LogP contribution is 2.25. The van der Waals surface area contributed by atoms with Gasteiger partial charge in [0, 0.05) is 24.3 Å². The van der Waals surface area contributed by atoms with E-state index >= 15 is 0 Å². The van der Waals surface area contributed by atoms with Crippen LogP contribution < -0.4 is 4.90 Å². The van der Waals surface area contributed by atoms with E-state index in [9.17, 15) is 0 Å². The first-order chi connectivity index (χ1) is 7.93. The molecule has 1 aliphatic rings. The quantitative estimate of drug-likeness (QED) is 0.831. The van der Waals surface area contributed by atoms with Crippen LogP contribution in [0.25, 0.3) is 11.3 Å². The van der Waals surface area contributed by atoms with Gasteiger partial charge < -0.3 is 9.88 Å². The number of nitrogens with zero attached hydrogens (tertiary/aromatic N) is 2. The summed E-state index contributed by atoms with van der Waals surface area (Å²) in [7, 11) is 0. The lowest BCUT2D eigenvalue weighted by Crippen LogP contribution is -2.17. The number of hydrogen-bond acceptors (Lipinski definition) is 2. The fraction of sp³-hybridized carbons (Fsp3) is 0.308. The second-order valence-corrected chi connectivity index (χ2v) is 4.21. The van der Waals surface area contributed by atoms with Crippen molar-refractivity contribution in [3.05, 3.63) is 36.8 Å². The predicted octanol–water partition coefficient (Wildman–Crippen LogP) is 2.68. The van der Waals surface area contributed by atoms with Gasteiger partial charge in [-0.3, -0.25) is 0 Å². The number of aromatic amines is 1. The van der Waals surface area contributed by atoms with Crippen LogP contribution >= 0.6 is 0 Å². The maximum Gasteiger partial charge on any atom is 0.0924 e. The predicted molar refractivity (Wildman–Crippen MR) is 65.5 cm³/mol. The number of H-pyrrole nitrogens is 1. The Kier molecular flexibility index (Phi) is 2.37. The molecule has 0 saturated carbocycles. The zero-order chi connectivity index (χ0) is 10.8. The van der Waals surface area contributed by atoms with E-state index in [1.54, 1.807) is 6.33 Å². The molecule has 2 aromatic rings. The standard InChI is InChI=1S/C13H15N3/c1-2-7-16(6-1)12-5-3-4-11(8-12)13-9-14-10-15-13/h3-5,8-10H,1-2,6-7H2,(H,14,15). The van der Waals surface area contributed by atoms with E-state index in [2.05, 4.69) is 39.1 Å². The third kappa shape index (κ3) is 1.69. The molecule has 0 radical (unpaired) electrons. The van der Waals surface area contributed by atoms with Crippen LogP contribution in [0.1, 0.15) is 12.8 Å². The summed E-state index contributed by atoms with van der Waals surface area (Å²) in [5, 5.41) is 0. The molecule has 1 saturated heterocycles. The number of anilines is 1. The molecular formula is C13H15N3. The van der Waals surface area contributed by atoms with Crippen LogP contribution in [0.15, 0.2) is 36.8 Å². The van der Waals surface area contributed by atoms with Crippen molar-refractivity contribution in [2.45, 2.75) is 12.8 Å². The molecule has 1 aliphatic heterocycles. The molecule has 0 atom stereocenters. The fourth-order valence-electron chi connectivity index (χ4n) is 2.26. The summed E-state index contributed by atoms with van der Waals surface area (Å²) in [6, 6.07) is 8.65. The molecule has 0 amide bonds. The highest BCUT2D eigenvalue weighted by Gasteiger charge is 2.12. The zero-order valence-corrected chi connectivity index (χ0v) is 9.19. The summed E-state index contributed by atoms with van der Waals surface area (Å²) < 4.78 is 0. The summed E-state index contributed by atoms with van der Waals surface area (Å²) in [6.07, 6.45) is 6.21. The van der Waals surface area contributed by atoms with Gasteiger partial charge in [-0.1, -0.05) is 12.1 Å². The van der Waals surface area contributed by atoms with E-state index in [0.717, 1.165) is 5.69 Å². The Balaban J connectivity index is 1.93. The van der Waals surface area contributed by atoms with Crippen molar-refractivity contribution >= 4 is 5.69 Å². The second-order valence-electron chi connectivity index (χ2n) is 4.21. The Bertz CT molecular complexity index is 456. The summed E-state index contributed by atoms with van der Waals surface area (Å²) in [6.45, 7) is 2.37. The van der Waals surface area contributed by atoms with Gasteiger partial charge in [-0.15, -0.1) is 0 Å². The lowest BCUT2D eigenvalue weighted by Gasteiger charge is -2.18. The van der Waals surface area contributed by atoms with E-state index < -0.39 is 0 Å². The average molecular weight is 213 g/mol. The van der Waals surface area contributed by atoms with Crippen molar-refractivity contribution in [1.29, 1.82) is 0 Å². The lowest BCUT2D eigenvalue weighted by molar-refractivity contribution is 0.949. The monoisotopic (exact) mass is 213 g/mol. The van der Waals surface area contributed by atoms with E-state index in [4.69, 9.17) is 0 Å². The number of nitrogens with one attached hydrogen (secondary N) is 1. The SMILES string of the molecule is c1cc(-c2cnc[nH]2)cc(N2CCCC2)c1. The normalized spacial score (nSPS) is 15.6. The van der Waals surface area contributed by atoms with Crippen LogP contribution in [-0.2, 0) is 0 Å². The fourth-order valence-corrected chi connectivity index (χ4v) is 2.26. The minimum absolute atomic E-state index is 1.08. The Morgan fingerprint density at radius 3 is 2.81 bits per heavy atom. The molecular weight excluding hydrogens is 198 g/mol. The third-order valence-electron chi connectivity index (χ3n) is 3.13. The van der Waals surface area contributed by atoms with E-state index in [0.29, 0.717) is 0 Å². The summed E-state index contributed by atoms with van der Waals surface area (Å²) in [4.78, 5) is 9.64. The van der Waals surface area contributed by atoms with Crippen molar-refractivity contribution in [3.63, 3.8) is 0 Å². The van der Waals surface area contributed by atoms with Crippen molar-refractivity contribution in [3.8, 4) is 11.3 Å². The van der Waals surface area contributed by atoms with E-state index in [-0.39, 0.29) is 0 Å². The molecule has 1 fully saturated rings. The summed E-state index contributed by atoms with van der Waals surface area (Å²) in [5.74, 6) is 0. The van der Waals surface area contributed by atoms with E-state index in [1.807, 2.05) is 6.20 Å². The van der Waals surface area contributed by atoms with Crippen LogP contribution in [0.5, 0.6) is 0 Å². The molecule has 1 aromatic carbocycles. The molecule has 0 bridgehead atoms. The molecule has 1 aromatic heterocycles. The Labute approximate surface area is 95.1 Å². The first-order valence-electron chi connectivity index (χ1n) is 5.77. The Morgan fingerprint density at radius 2 is 2.06 bits per heavy atom. The average Bonchev–Trinajstić information content (AvgIpc) is 3.03. The van der Waals surface area contributed by atoms with Crippen LogP contribution in [-0.4, -0.2) is 23.1 Å². The first-order valence-corrected chi connectivity index (χ1v) is 5.77.